The summed E-state index contributed by atoms with van der Waals surface area (Å²) in [5.41, 5.74) is 11.1. The molecule has 18 nitrogen and oxygen atoms in total. The minimum Gasteiger partial charge on any atom is -0.391 e. The van der Waals surface area contributed by atoms with E-state index in [4.69, 9.17) is 5.73 Å². The SMILES string of the molecule is Cc1ncsc1-c1ccc([C@H](C)NC(=O)[C@@H]2C[C@@H](O)CN2C(=O)C(NC(=O)c2cnc(N3CCN(CCCC(=O)Nc4cccc(Sc5cnc(N6CCC(C)(N)CC6)cn5)c4)CC3)nc2)C(C)(C)C)cc1. The van der Waals surface area contributed by atoms with Crippen molar-refractivity contribution in [2.24, 2.45) is 11.1 Å². The number of rotatable bonds is 16. The number of nitrogens with one attached hydrogen (secondary N) is 3. The van der Waals surface area contributed by atoms with Crippen LogP contribution in [0.25, 0.3) is 10.4 Å². The van der Waals surface area contributed by atoms with Gasteiger partial charge in [0.25, 0.3) is 5.91 Å². The summed E-state index contributed by atoms with van der Waals surface area (Å²) in [5.74, 6) is -0.0416. The number of amides is 4. The van der Waals surface area contributed by atoms with Crippen LogP contribution in [-0.4, -0.2) is 140 Å². The van der Waals surface area contributed by atoms with E-state index < -0.39 is 35.4 Å². The normalized spacial score (nSPS) is 19.1. The first-order valence-electron chi connectivity index (χ1n) is 24.7. The number of hydrogen-bond acceptors (Lipinski definition) is 16. The fourth-order valence-electron chi connectivity index (χ4n) is 9.22. The van der Waals surface area contributed by atoms with Gasteiger partial charge < -0.3 is 41.5 Å². The molecule has 8 rings (SSSR count). The molecule has 72 heavy (non-hydrogen) atoms. The molecule has 2 aromatic carbocycles. The van der Waals surface area contributed by atoms with Crippen molar-refractivity contribution < 1.29 is 24.3 Å². The molecule has 3 aromatic heterocycles. The van der Waals surface area contributed by atoms with Crippen LogP contribution in [0, 0.1) is 12.3 Å². The molecule has 0 spiro atoms. The standard InChI is InChI=1S/C52H67N13O5S2/c1-33(35-12-14-36(15-13-35)45-34(2)58-32-71-45)59-48(69)41-26-39(66)31-65(41)49(70)46(51(3,4)5)61-47(68)37-27-56-50(57-28-37)64-23-21-62(22-24-64)18-8-11-43(67)60-38-9-7-10-40(25-38)72-44-30-54-42(29-55-44)63-19-16-52(6,53)17-20-63/h7,9-10,12-15,25,27-30,32-33,39,41,46,66H,8,11,16-24,26,31,53H2,1-6H3,(H,59,69)(H,60,67)(H,61,68)/t33-,39+,41-,46?/m0/s1. The van der Waals surface area contributed by atoms with Crippen LogP contribution in [0.3, 0.4) is 0 Å². The van der Waals surface area contributed by atoms with Gasteiger partial charge in [-0.1, -0.05) is 62.9 Å². The van der Waals surface area contributed by atoms with Crippen molar-refractivity contribution in [1.82, 2.24) is 45.4 Å². The molecule has 4 amide bonds. The summed E-state index contributed by atoms with van der Waals surface area (Å²) in [6, 6.07) is 13.4. The maximum Gasteiger partial charge on any atom is 0.255 e. The lowest BCUT2D eigenvalue weighted by Gasteiger charge is -2.37. The molecule has 5 aromatic rings. The molecule has 20 heteroatoms. The summed E-state index contributed by atoms with van der Waals surface area (Å²) in [5, 5.41) is 20.5. The Morgan fingerprint density at radius 1 is 0.903 bits per heavy atom. The Kier molecular flexibility index (Phi) is 16.5. The van der Waals surface area contributed by atoms with Crippen LogP contribution < -0.4 is 31.5 Å². The van der Waals surface area contributed by atoms with Crippen molar-refractivity contribution in [3.8, 4) is 10.4 Å². The molecular weight excluding hydrogens is 951 g/mol. The van der Waals surface area contributed by atoms with Gasteiger partial charge in [0.15, 0.2) is 0 Å². The highest BCUT2D eigenvalue weighted by molar-refractivity contribution is 7.99. The highest BCUT2D eigenvalue weighted by atomic mass is 32.2. The smallest absolute Gasteiger partial charge is 0.255 e. The largest absolute Gasteiger partial charge is 0.391 e. The number of aliphatic hydroxyl groups excluding tert-OH is 1. The Morgan fingerprint density at radius 3 is 2.28 bits per heavy atom. The van der Waals surface area contributed by atoms with Crippen molar-refractivity contribution in [1.29, 1.82) is 0 Å². The van der Waals surface area contributed by atoms with E-state index in [0.717, 1.165) is 88.7 Å². The number of piperazine rings is 1. The number of anilines is 3. The van der Waals surface area contributed by atoms with Gasteiger partial charge in [0.05, 0.1) is 46.2 Å². The lowest BCUT2D eigenvalue weighted by molar-refractivity contribution is -0.142. The number of aryl methyl sites for hydroxylation is 1. The van der Waals surface area contributed by atoms with Crippen molar-refractivity contribution in [2.45, 2.75) is 113 Å². The molecular formula is C52H67N13O5S2. The topological polar surface area (TPSA) is 228 Å². The Hall–Kier alpha value is -6.06. The van der Waals surface area contributed by atoms with Crippen LogP contribution >= 0.6 is 23.1 Å². The number of thiazole rings is 1. The Labute approximate surface area is 430 Å². The molecule has 3 aliphatic heterocycles. The number of nitrogens with two attached hydrogens (primary N) is 1. The number of piperidine rings is 1. The predicted octanol–water partition coefficient (Wildman–Crippen LogP) is 5.69. The number of hydrogen-bond donors (Lipinski definition) is 5. The highest BCUT2D eigenvalue weighted by Gasteiger charge is 2.45. The molecule has 0 radical (unpaired) electrons. The number of aliphatic hydroxyl groups is 1. The van der Waals surface area contributed by atoms with Crippen LogP contribution in [0.5, 0.6) is 0 Å². The van der Waals surface area contributed by atoms with Crippen molar-refractivity contribution in [2.75, 3.05) is 67.5 Å². The molecule has 0 bridgehead atoms. The van der Waals surface area contributed by atoms with Crippen molar-refractivity contribution in [3.63, 3.8) is 0 Å². The summed E-state index contributed by atoms with van der Waals surface area (Å²) in [4.78, 5) is 87.4. The maximum absolute atomic E-state index is 14.3. The minimum atomic E-state index is -1.01. The summed E-state index contributed by atoms with van der Waals surface area (Å²) in [7, 11) is 0. The van der Waals surface area contributed by atoms with Gasteiger partial charge in [-0.3, -0.25) is 24.1 Å². The lowest BCUT2D eigenvalue weighted by atomic mass is 9.85. The molecule has 3 saturated heterocycles. The molecule has 0 saturated carbocycles. The second-order valence-electron chi connectivity index (χ2n) is 20.5. The molecule has 6 N–H and O–H groups in total. The van der Waals surface area contributed by atoms with Gasteiger partial charge >= 0.3 is 0 Å². The van der Waals surface area contributed by atoms with E-state index >= 15 is 0 Å². The van der Waals surface area contributed by atoms with E-state index in [0.29, 0.717) is 31.9 Å². The van der Waals surface area contributed by atoms with Crippen LogP contribution in [-0.2, 0) is 14.4 Å². The number of aromatic nitrogens is 5. The third-order valence-electron chi connectivity index (χ3n) is 13.6. The number of β-amino-alcohol motifs (C(OH)–C–C–N with tert-alkyl or cyclic N) is 1. The molecule has 4 atom stereocenters. The predicted molar refractivity (Wildman–Crippen MR) is 281 cm³/mol. The first-order valence-corrected chi connectivity index (χ1v) is 26.4. The third kappa shape index (κ3) is 13.3. The van der Waals surface area contributed by atoms with E-state index in [2.05, 4.69) is 62.5 Å². The van der Waals surface area contributed by atoms with Crippen LogP contribution in [0.1, 0.15) is 94.4 Å². The first-order chi connectivity index (χ1) is 34.4. The highest BCUT2D eigenvalue weighted by Crippen LogP contribution is 2.32. The first kappa shape index (κ1) is 52.3. The summed E-state index contributed by atoms with van der Waals surface area (Å²) in [6.07, 6.45) is 8.64. The quantitative estimate of drug-likeness (QED) is 0.0800. The van der Waals surface area contributed by atoms with Gasteiger partial charge in [0.1, 0.15) is 22.9 Å². The van der Waals surface area contributed by atoms with Gasteiger partial charge in [-0.2, -0.15) is 0 Å². The Balaban J connectivity index is 0.766. The second-order valence-corrected chi connectivity index (χ2v) is 22.5. The maximum atomic E-state index is 14.3. The fourth-order valence-corrected chi connectivity index (χ4v) is 10.8. The van der Waals surface area contributed by atoms with Crippen LogP contribution in [0.15, 0.2) is 88.8 Å². The van der Waals surface area contributed by atoms with E-state index in [9.17, 15) is 24.3 Å². The number of carbonyl (C=O) groups excluding carboxylic acids is 4. The van der Waals surface area contributed by atoms with Crippen molar-refractivity contribution >= 4 is 64.2 Å². The number of carbonyl (C=O) groups is 4. The zero-order chi connectivity index (χ0) is 51.2. The average molecular weight is 1020 g/mol. The van der Waals surface area contributed by atoms with Gasteiger partial charge in [-0.25, -0.2) is 24.9 Å². The molecule has 1 unspecified atom stereocenters. The molecule has 6 heterocycles. The summed E-state index contributed by atoms with van der Waals surface area (Å²) >= 11 is 3.07. The summed E-state index contributed by atoms with van der Waals surface area (Å²) in [6.45, 7) is 16.8. The van der Waals surface area contributed by atoms with E-state index in [1.165, 1.54) is 29.1 Å². The van der Waals surface area contributed by atoms with Crippen LogP contribution in [0.4, 0.5) is 17.5 Å². The second kappa shape index (κ2) is 22.8. The molecule has 3 fully saturated rings. The molecule has 382 valence electrons. The third-order valence-corrected chi connectivity index (χ3v) is 15.5. The number of benzene rings is 2. The molecule has 0 aliphatic carbocycles. The van der Waals surface area contributed by atoms with Gasteiger partial charge in [-0.15, -0.1) is 11.3 Å². The number of nitrogens with zero attached hydrogens (tertiary/aromatic N) is 9. The van der Waals surface area contributed by atoms with Gasteiger partial charge in [0.2, 0.25) is 23.7 Å². The van der Waals surface area contributed by atoms with E-state index in [-0.39, 0.29) is 41.9 Å². The summed E-state index contributed by atoms with van der Waals surface area (Å²) < 4.78 is 0. The van der Waals surface area contributed by atoms with Gasteiger partial charge in [0, 0.05) is 87.2 Å². The molecule has 3 aliphatic rings. The Morgan fingerprint density at radius 2 is 1.62 bits per heavy atom. The fraction of sp³-hybridized carbons (Fsp3) is 0.481. The van der Waals surface area contributed by atoms with Crippen molar-refractivity contribution in [3.05, 3.63) is 95.6 Å². The van der Waals surface area contributed by atoms with Crippen LogP contribution in [0.2, 0.25) is 0 Å². The van der Waals surface area contributed by atoms with E-state index in [1.807, 2.05) is 94.9 Å². The monoisotopic (exact) mass is 1020 g/mol. The van der Waals surface area contributed by atoms with Gasteiger partial charge in [-0.05, 0) is 81.3 Å². The number of likely N-dealkylation sites (tertiary alicyclic amines) is 1. The average Bonchev–Trinajstić information content (AvgIpc) is 3.98. The Bertz CT molecular complexity index is 2660. The minimum absolute atomic E-state index is 0.0324. The van der Waals surface area contributed by atoms with E-state index in [1.54, 1.807) is 17.5 Å². The lowest BCUT2D eigenvalue weighted by Crippen LogP contribution is -2.57. The zero-order valence-corrected chi connectivity index (χ0v) is 43.6. The zero-order valence-electron chi connectivity index (χ0n) is 42.0.